The van der Waals surface area contributed by atoms with Crippen LogP contribution in [0.15, 0.2) is 24.3 Å². The second-order valence-electron chi connectivity index (χ2n) is 11.7. The fraction of sp³-hybridized carbons (Fsp3) is 0.484. The monoisotopic (exact) mass is 564 g/mol. The Morgan fingerprint density at radius 3 is 2.49 bits per heavy atom. The Hall–Kier alpha value is -4.08. The Morgan fingerprint density at radius 1 is 1.20 bits per heavy atom. The fourth-order valence-electron chi connectivity index (χ4n) is 5.52. The van der Waals surface area contributed by atoms with Crippen LogP contribution >= 0.6 is 0 Å². The van der Waals surface area contributed by atoms with Gasteiger partial charge < -0.3 is 29.7 Å². The SMILES string of the molecule is CCOc1cc2c(cc1C(=O)NC)C(=N)N(CC(=O)c1cc3c(c(C(C)(C)C)c1)OC(C(CC)C(=O)O)CN3C)C2. The number of nitrogens with zero attached hydrogens (tertiary/aromatic N) is 2. The molecule has 2 aliphatic rings. The van der Waals surface area contributed by atoms with E-state index in [1.165, 1.54) is 0 Å². The maximum atomic E-state index is 13.7. The van der Waals surface area contributed by atoms with Crippen LogP contribution in [0.1, 0.15) is 78.4 Å². The third-order valence-corrected chi connectivity index (χ3v) is 7.78. The quantitative estimate of drug-likeness (QED) is 0.388. The maximum Gasteiger partial charge on any atom is 0.310 e. The van der Waals surface area contributed by atoms with Crippen molar-refractivity contribution in [3.8, 4) is 11.5 Å². The van der Waals surface area contributed by atoms with Crippen LogP contribution in [0, 0.1) is 11.3 Å². The first-order chi connectivity index (χ1) is 19.3. The summed E-state index contributed by atoms with van der Waals surface area (Å²) >= 11 is 0. The van der Waals surface area contributed by atoms with Gasteiger partial charge in [-0.25, -0.2) is 0 Å². The van der Waals surface area contributed by atoms with Crippen LogP contribution < -0.4 is 19.7 Å². The van der Waals surface area contributed by atoms with Crippen molar-refractivity contribution in [1.82, 2.24) is 10.2 Å². The Labute approximate surface area is 241 Å². The minimum atomic E-state index is -0.886. The smallest absolute Gasteiger partial charge is 0.310 e. The van der Waals surface area contributed by atoms with Gasteiger partial charge in [-0.05, 0) is 48.6 Å². The first-order valence-corrected chi connectivity index (χ1v) is 14.0. The number of likely N-dealkylation sites (N-methyl/N-ethyl adjacent to an activating group) is 1. The molecule has 0 aliphatic carbocycles. The van der Waals surface area contributed by atoms with Crippen molar-refractivity contribution in [2.24, 2.45) is 5.92 Å². The van der Waals surface area contributed by atoms with Gasteiger partial charge in [0.05, 0.1) is 36.9 Å². The average molecular weight is 565 g/mol. The Morgan fingerprint density at radius 2 is 1.90 bits per heavy atom. The van der Waals surface area contributed by atoms with Crippen molar-refractivity contribution in [2.45, 2.75) is 59.1 Å². The van der Waals surface area contributed by atoms with Gasteiger partial charge in [0.15, 0.2) is 5.78 Å². The zero-order valence-electron chi connectivity index (χ0n) is 24.9. The standard InChI is InChI=1S/C31H40N4O6/c1-8-19(30(38)39)26-16-34(7)23-11-17(10-22(27(23)41-26)31(3,4)5)24(36)15-35-14-18-12-25(40-9-2)21(29(37)33-6)13-20(18)28(35)32/h10-13,19,26,32H,8-9,14-16H2,1-7H3,(H,33,37)(H,38,39). The van der Waals surface area contributed by atoms with E-state index in [1.807, 2.05) is 52.6 Å². The number of ketones is 1. The molecule has 2 unspecified atom stereocenters. The number of carboxylic acids is 1. The number of nitrogens with one attached hydrogen (secondary N) is 2. The number of benzene rings is 2. The largest absolute Gasteiger partial charge is 0.493 e. The van der Waals surface area contributed by atoms with Crippen LogP contribution in [-0.4, -0.2) is 73.4 Å². The minimum Gasteiger partial charge on any atom is -0.493 e. The summed E-state index contributed by atoms with van der Waals surface area (Å²) in [5.41, 5.74) is 3.46. The van der Waals surface area contributed by atoms with Gasteiger partial charge in [-0.3, -0.25) is 19.8 Å². The summed E-state index contributed by atoms with van der Waals surface area (Å²) < 4.78 is 12.0. The molecule has 2 aromatic rings. The number of rotatable bonds is 9. The van der Waals surface area contributed by atoms with Crippen LogP contribution in [0.4, 0.5) is 5.69 Å². The van der Waals surface area contributed by atoms with Crippen molar-refractivity contribution < 1.29 is 29.0 Å². The Bertz CT molecular complexity index is 1400. The number of carbonyl (C=O) groups excluding carboxylic acids is 2. The molecule has 4 rings (SSSR count). The van der Waals surface area contributed by atoms with E-state index in [0.717, 1.165) is 16.8 Å². The lowest BCUT2D eigenvalue weighted by Gasteiger charge is -2.39. The summed E-state index contributed by atoms with van der Waals surface area (Å²) in [6.07, 6.45) is -0.0617. The molecule has 1 amide bonds. The number of carbonyl (C=O) groups is 3. The summed E-state index contributed by atoms with van der Waals surface area (Å²) in [4.78, 5) is 41.7. The van der Waals surface area contributed by atoms with Crippen LogP contribution in [0.5, 0.6) is 11.5 Å². The maximum absolute atomic E-state index is 13.7. The van der Waals surface area contributed by atoms with E-state index in [2.05, 4.69) is 5.32 Å². The molecule has 0 aromatic heterocycles. The lowest BCUT2D eigenvalue weighted by Crippen LogP contribution is -2.45. The third kappa shape index (κ3) is 5.73. The Kier molecular flexibility index (Phi) is 8.33. The van der Waals surface area contributed by atoms with Crippen molar-refractivity contribution in [2.75, 3.05) is 38.7 Å². The molecule has 41 heavy (non-hydrogen) atoms. The molecule has 0 saturated carbocycles. The highest BCUT2D eigenvalue weighted by molar-refractivity contribution is 6.08. The highest BCUT2D eigenvalue weighted by Gasteiger charge is 2.37. The normalized spacial score (nSPS) is 17.0. The van der Waals surface area contributed by atoms with Crippen LogP contribution in [0.25, 0.3) is 0 Å². The van der Waals surface area contributed by atoms with Gasteiger partial charge >= 0.3 is 5.97 Å². The lowest BCUT2D eigenvalue weighted by atomic mass is 9.83. The first-order valence-electron chi connectivity index (χ1n) is 14.0. The number of amides is 1. The topological polar surface area (TPSA) is 132 Å². The second-order valence-corrected chi connectivity index (χ2v) is 11.7. The molecule has 0 bridgehead atoms. The number of hydrogen-bond acceptors (Lipinski definition) is 7. The molecule has 0 radical (unpaired) electrons. The molecule has 220 valence electrons. The van der Waals surface area contributed by atoms with Gasteiger partial charge in [0, 0.05) is 37.3 Å². The van der Waals surface area contributed by atoms with E-state index < -0.39 is 18.0 Å². The molecule has 2 atom stereocenters. The van der Waals surface area contributed by atoms with E-state index in [4.69, 9.17) is 14.9 Å². The summed E-state index contributed by atoms with van der Waals surface area (Å²) in [7, 11) is 3.43. The number of ether oxygens (including phenoxy) is 2. The number of fused-ring (bicyclic) bond motifs is 2. The molecule has 10 nitrogen and oxygen atoms in total. The number of carboxylic acid groups (broad SMARTS) is 1. The number of hydrogen-bond donors (Lipinski definition) is 3. The fourth-order valence-corrected chi connectivity index (χ4v) is 5.52. The van der Waals surface area contributed by atoms with Gasteiger partial charge in [0.25, 0.3) is 5.91 Å². The predicted molar refractivity (Wildman–Crippen MR) is 157 cm³/mol. The van der Waals surface area contributed by atoms with Crippen LogP contribution in [-0.2, 0) is 16.8 Å². The second kappa shape index (κ2) is 11.4. The Balaban J connectivity index is 1.64. The molecular formula is C31H40N4O6. The number of aliphatic carboxylic acids is 1. The molecule has 2 heterocycles. The number of anilines is 1. The van der Waals surface area contributed by atoms with Gasteiger partial charge in [-0.15, -0.1) is 0 Å². The zero-order chi connectivity index (χ0) is 30.2. The van der Waals surface area contributed by atoms with Gasteiger partial charge in [0.1, 0.15) is 23.4 Å². The van der Waals surface area contributed by atoms with Gasteiger partial charge in [0.2, 0.25) is 0 Å². The summed E-state index contributed by atoms with van der Waals surface area (Å²) in [6.45, 7) is 10.9. The minimum absolute atomic E-state index is 0.0146. The lowest BCUT2D eigenvalue weighted by molar-refractivity contribution is -0.145. The van der Waals surface area contributed by atoms with E-state index in [9.17, 15) is 19.5 Å². The van der Waals surface area contributed by atoms with Crippen molar-refractivity contribution >= 4 is 29.2 Å². The molecule has 0 fully saturated rings. The van der Waals surface area contributed by atoms with Crippen LogP contribution in [0.2, 0.25) is 0 Å². The molecule has 2 aromatic carbocycles. The van der Waals surface area contributed by atoms with Crippen molar-refractivity contribution in [3.63, 3.8) is 0 Å². The highest BCUT2D eigenvalue weighted by atomic mass is 16.5. The molecule has 2 aliphatic heterocycles. The third-order valence-electron chi connectivity index (χ3n) is 7.78. The zero-order valence-corrected chi connectivity index (χ0v) is 24.9. The molecule has 10 heteroatoms. The predicted octanol–water partition coefficient (Wildman–Crippen LogP) is 4.07. The first kappa shape index (κ1) is 29.9. The van der Waals surface area contributed by atoms with Crippen molar-refractivity contribution in [1.29, 1.82) is 5.41 Å². The van der Waals surface area contributed by atoms with Gasteiger partial charge in [-0.2, -0.15) is 0 Å². The molecule has 3 N–H and O–H groups in total. The molecule has 0 spiro atoms. The summed E-state index contributed by atoms with van der Waals surface area (Å²) in [6, 6.07) is 7.08. The van der Waals surface area contributed by atoms with E-state index in [-0.39, 0.29) is 29.5 Å². The molecule has 0 saturated heterocycles. The summed E-state index contributed by atoms with van der Waals surface area (Å²) in [5, 5.41) is 21.1. The number of amidine groups is 1. The molecular weight excluding hydrogens is 524 g/mol. The highest BCUT2D eigenvalue weighted by Crippen LogP contribution is 2.44. The van der Waals surface area contributed by atoms with Crippen LogP contribution in [0.3, 0.4) is 0 Å². The summed E-state index contributed by atoms with van der Waals surface area (Å²) in [5.74, 6) is -0.745. The van der Waals surface area contributed by atoms with Gasteiger partial charge in [-0.1, -0.05) is 27.7 Å². The van der Waals surface area contributed by atoms with Crippen molar-refractivity contribution in [3.05, 3.63) is 52.1 Å². The van der Waals surface area contributed by atoms with E-state index in [1.54, 1.807) is 30.1 Å². The average Bonchev–Trinajstić information content (AvgIpc) is 3.20. The van der Waals surface area contributed by atoms with E-state index >= 15 is 0 Å². The van der Waals surface area contributed by atoms with E-state index in [0.29, 0.717) is 54.3 Å². The number of Topliss-reactive ketones (excluding diaryl/α,β-unsaturated/α-hetero) is 1.